The third-order valence-electron chi connectivity index (χ3n) is 4.22. The highest BCUT2D eigenvalue weighted by atomic mass is 16.5. The van der Waals surface area contributed by atoms with Gasteiger partial charge in [0.25, 0.3) is 0 Å². The number of hydrogen-bond donors (Lipinski definition) is 1. The molecular weight excluding hydrogens is 378 g/mol. The number of benzene rings is 3. The Kier molecular flexibility index (Phi) is 7.39. The fourth-order valence-electron chi connectivity index (χ4n) is 2.68. The zero-order valence-corrected chi connectivity index (χ0v) is 16.7. The average molecular weight is 401 g/mol. The molecule has 0 fully saturated rings. The third-order valence-corrected chi connectivity index (χ3v) is 4.22. The largest absolute Gasteiger partial charge is 0.489 e. The minimum Gasteiger partial charge on any atom is -0.489 e. The Hall–Kier alpha value is -3.86. The van der Waals surface area contributed by atoms with E-state index in [0.717, 1.165) is 16.9 Å². The van der Waals surface area contributed by atoms with Crippen molar-refractivity contribution in [1.82, 2.24) is 0 Å². The van der Waals surface area contributed by atoms with Crippen LogP contribution in [0, 0.1) is 0 Å². The highest BCUT2D eigenvalue weighted by Crippen LogP contribution is 2.15. The summed E-state index contributed by atoms with van der Waals surface area (Å²) in [5.74, 6) is 0.122. The van der Waals surface area contributed by atoms with E-state index < -0.39 is 0 Å². The Bertz CT molecular complexity index is 994. The highest BCUT2D eigenvalue weighted by molar-refractivity contribution is 6.02. The van der Waals surface area contributed by atoms with Gasteiger partial charge in [0.1, 0.15) is 12.4 Å². The average Bonchev–Trinajstić information content (AvgIpc) is 2.78. The van der Waals surface area contributed by atoms with E-state index in [1.807, 2.05) is 54.6 Å². The van der Waals surface area contributed by atoms with Crippen molar-refractivity contribution in [3.05, 3.63) is 102 Å². The number of ether oxygens (including phenoxy) is 2. The molecule has 3 rings (SSSR count). The van der Waals surface area contributed by atoms with Crippen LogP contribution in [0.2, 0.25) is 0 Å². The van der Waals surface area contributed by atoms with Crippen molar-refractivity contribution in [2.24, 2.45) is 0 Å². The van der Waals surface area contributed by atoms with Crippen LogP contribution >= 0.6 is 0 Å². The molecule has 0 saturated heterocycles. The van der Waals surface area contributed by atoms with Gasteiger partial charge in [0.05, 0.1) is 12.2 Å². The van der Waals surface area contributed by atoms with Gasteiger partial charge in [-0.05, 0) is 60.5 Å². The van der Waals surface area contributed by atoms with Gasteiger partial charge in [0, 0.05) is 11.8 Å². The molecule has 5 heteroatoms. The molecule has 0 aliphatic heterocycles. The summed E-state index contributed by atoms with van der Waals surface area (Å²) in [7, 11) is 0. The van der Waals surface area contributed by atoms with Gasteiger partial charge in [-0.1, -0.05) is 42.5 Å². The van der Waals surface area contributed by atoms with Crippen molar-refractivity contribution in [3.63, 3.8) is 0 Å². The van der Waals surface area contributed by atoms with E-state index in [0.29, 0.717) is 24.5 Å². The normalized spacial score (nSPS) is 10.6. The first-order chi connectivity index (χ1) is 14.6. The molecule has 0 radical (unpaired) electrons. The molecule has 0 bridgehead atoms. The second-order valence-electron chi connectivity index (χ2n) is 6.46. The summed E-state index contributed by atoms with van der Waals surface area (Å²) in [6.45, 7) is 2.58. The smallest absolute Gasteiger partial charge is 0.338 e. The van der Waals surface area contributed by atoms with E-state index in [2.05, 4.69) is 5.32 Å². The Morgan fingerprint density at radius 2 is 1.60 bits per heavy atom. The number of amides is 1. The lowest BCUT2D eigenvalue weighted by atomic mass is 10.2. The quantitative estimate of drug-likeness (QED) is 0.422. The van der Waals surface area contributed by atoms with Crippen LogP contribution in [0.3, 0.4) is 0 Å². The fourth-order valence-corrected chi connectivity index (χ4v) is 2.68. The van der Waals surface area contributed by atoms with E-state index in [1.165, 1.54) is 6.08 Å². The molecule has 0 saturated carbocycles. The number of anilines is 1. The Morgan fingerprint density at radius 1 is 0.900 bits per heavy atom. The van der Waals surface area contributed by atoms with Gasteiger partial charge < -0.3 is 14.8 Å². The van der Waals surface area contributed by atoms with Crippen LogP contribution in [0.4, 0.5) is 5.69 Å². The predicted octanol–water partition coefficient (Wildman–Crippen LogP) is 5.09. The minimum atomic E-state index is -0.383. The number of esters is 1. The lowest BCUT2D eigenvalue weighted by Crippen LogP contribution is -2.08. The lowest BCUT2D eigenvalue weighted by molar-refractivity contribution is -0.111. The number of nitrogens with one attached hydrogen (secondary N) is 1. The van der Waals surface area contributed by atoms with Gasteiger partial charge in [0.2, 0.25) is 5.91 Å². The number of carbonyl (C=O) groups excluding carboxylic acids is 2. The molecule has 1 amide bonds. The van der Waals surface area contributed by atoms with Gasteiger partial charge in [-0.3, -0.25) is 4.79 Å². The second kappa shape index (κ2) is 10.6. The molecule has 0 aliphatic carbocycles. The van der Waals surface area contributed by atoms with E-state index >= 15 is 0 Å². The van der Waals surface area contributed by atoms with Crippen LogP contribution in [0.5, 0.6) is 5.75 Å². The molecule has 0 aliphatic rings. The Balaban J connectivity index is 1.50. The summed E-state index contributed by atoms with van der Waals surface area (Å²) in [5, 5.41) is 2.76. The molecule has 3 aromatic carbocycles. The Labute approximate surface area is 176 Å². The van der Waals surface area contributed by atoms with Gasteiger partial charge in [0.15, 0.2) is 0 Å². The van der Waals surface area contributed by atoms with Gasteiger partial charge in [-0.2, -0.15) is 0 Å². The van der Waals surface area contributed by atoms with Crippen molar-refractivity contribution in [2.75, 3.05) is 11.9 Å². The fraction of sp³-hybridized carbons (Fsp3) is 0.120. The van der Waals surface area contributed by atoms with Gasteiger partial charge in [-0.25, -0.2) is 4.79 Å². The second-order valence-corrected chi connectivity index (χ2v) is 6.46. The maximum absolute atomic E-state index is 12.1. The minimum absolute atomic E-state index is 0.261. The third kappa shape index (κ3) is 6.34. The molecular formula is C25H23NO4. The summed E-state index contributed by atoms with van der Waals surface area (Å²) in [5.41, 5.74) is 3.03. The van der Waals surface area contributed by atoms with E-state index in [4.69, 9.17) is 9.47 Å². The number of carbonyl (C=O) groups is 2. The molecule has 1 N–H and O–H groups in total. The van der Waals surface area contributed by atoms with Crippen molar-refractivity contribution in [1.29, 1.82) is 0 Å². The zero-order valence-electron chi connectivity index (χ0n) is 16.7. The Morgan fingerprint density at radius 3 is 2.27 bits per heavy atom. The molecule has 3 aromatic rings. The van der Waals surface area contributed by atoms with Gasteiger partial charge >= 0.3 is 5.97 Å². The molecule has 5 nitrogen and oxygen atoms in total. The molecule has 0 spiro atoms. The van der Waals surface area contributed by atoms with Crippen molar-refractivity contribution >= 4 is 23.6 Å². The summed E-state index contributed by atoms with van der Waals surface area (Å²) >= 11 is 0. The van der Waals surface area contributed by atoms with Gasteiger partial charge in [-0.15, -0.1) is 0 Å². The van der Waals surface area contributed by atoms with Crippen LogP contribution in [0.1, 0.15) is 28.4 Å². The maximum Gasteiger partial charge on any atom is 0.338 e. The SMILES string of the molecule is CCOC(=O)c1ccc(NC(=O)/C=C/c2ccc(OCc3ccccc3)cc2)cc1. The van der Waals surface area contributed by atoms with Crippen molar-refractivity contribution < 1.29 is 19.1 Å². The summed E-state index contributed by atoms with van der Waals surface area (Å²) in [6, 6.07) is 24.0. The first kappa shape index (κ1) is 20.9. The van der Waals surface area contributed by atoms with Crippen LogP contribution in [-0.4, -0.2) is 18.5 Å². The van der Waals surface area contributed by atoms with Crippen LogP contribution in [0.15, 0.2) is 84.9 Å². The predicted molar refractivity (Wildman–Crippen MR) is 117 cm³/mol. The maximum atomic E-state index is 12.1. The first-order valence-electron chi connectivity index (χ1n) is 9.67. The lowest BCUT2D eigenvalue weighted by Gasteiger charge is -2.06. The molecule has 152 valence electrons. The number of rotatable bonds is 8. The van der Waals surface area contributed by atoms with E-state index in [1.54, 1.807) is 37.3 Å². The molecule has 30 heavy (non-hydrogen) atoms. The molecule has 0 heterocycles. The first-order valence-corrected chi connectivity index (χ1v) is 9.67. The molecule has 0 atom stereocenters. The van der Waals surface area contributed by atoms with Crippen LogP contribution < -0.4 is 10.1 Å². The standard InChI is InChI=1S/C25H23NO4/c1-2-29-25(28)21-11-13-22(14-12-21)26-24(27)17-10-19-8-15-23(16-9-19)30-18-20-6-4-3-5-7-20/h3-17H,2,18H2,1H3,(H,26,27)/b17-10+. The van der Waals surface area contributed by atoms with Crippen molar-refractivity contribution in [3.8, 4) is 5.75 Å². The summed E-state index contributed by atoms with van der Waals surface area (Å²) in [4.78, 5) is 23.8. The molecule has 0 aromatic heterocycles. The van der Waals surface area contributed by atoms with E-state index in [-0.39, 0.29) is 11.9 Å². The zero-order chi connectivity index (χ0) is 21.2. The van der Waals surface area contributed by atoms with E-state index in [9.17, 15) is 9.59 Å². The van der Waals surface area contributed by atoms with Crippen LogP contribution in [-0.2, 0) is 16.1 Å². The van der Waals surface area contributed by atoms with Crippen molar-refractivity contribution in [2.45, 2.75) is 13.5 Å². The highest BCUT2D eigenvalue weighted by Gasteiger charge is 2.06. The number of hydrogen-bond acceptors (Lipinski definition) is 4. The topological polar surface area (TPSA) is 64.6 Å². The summed E-state index contributed by atoms with van der Waals surface area (Å²) < 4.78 is 10.7. The summed E-state index contributed by atoms with van der Waals surface area (Å²) in [6.07, 6.45) is 3.18. The monoisotopic (exact) mass is 401 g/mol. The molecule has 0 unspecified atom stereocenters. The van der Waals surface area contributed by atoms with Crippen LogP contribution in [0.25, 0.3) is 6.08 Å².